The van der Waals surface area contributed by atoms with Gasteiger partial charge in [-0.25, -0.2) is 9.37 Å². The molecule has 0 aliphatic rings. The van der Waals surface area contributed by atoms with Gasteiger partial charge in [0, 0.05) is 27.1 Å². The van der Waals surface area contributed by atoms with Gasteiger partial charge >= 0.3 is 0 Å². The van der Waals surface area contributed by atoms with E-state index in [2.05, 4.69) is 4.98 Å². The normalized spacial score (nSPS) is 11.7. The quantitative estimate of drug-likeness (QED) is 0.395. The monoisotopic (exact) mass is 287 g/mol. The topological polar surface area (TPSA) is 12.9 Å². The number of pyridine rings is 1. The molecule has 0 aliphatic heterocycles. The second-order valence-electron chi connectivity index (χ2n) is 4.37. The van der Waals surface area contributed by atoms with Gasteiger partial charge in [-0.15, -0.1) is 11.3 Å². The number of aromatic nitrogens is 1. The van der Waals surface area contributed by atoms with Crippen molar-refractivity contribution >= 4 is 53.9 Å². The van der Waals surface area contributed by atoms with Crippen molar-refractivity contribution in [1.29, 1.82) is 0 Å². The Morgan fingerprint density at radius 2 is 1.95 bits per heavy atom. The Kier molecular flexibility index (Phi) is 2.28. The molecule has 0 saturated carbocycles. The Bertz CT molecular complexity index is 945. The summed E-state index contributed by atoms with van der Waals surface area (Å²) in [6, 6.07) is 11.3. The lowest BCUT2D eigenvalue weighted by molar-refractivity contribution is 0.652. The third kappa shape index (κ3) is 1.49. The Labute approximate surface area is 117 Å². The maximum absolute atomic E-state index is 14.7. The molecule has 2 aromatic heterocycles. The predicted octanol–water partition coefficient (Wildman–Crippen LogP) is 5.40. The van der Waals surface area contributed by atoms with E-state index in [-0.39, 0.29) is 5.82 Å². The van der Waals surface area contributed by atoms with Gasteiger partial charge in [0.2, 0.25) is 0 Å². The molecule has 0 fully saturated rings. The highest BCUT2D eigenvalue weighted by atomic mass is 35.5. The Hall–Kier alpha value is -1.71. The van der Waals surface area contributed by atoms with E-state index in [1.807, 2.05) is 30.3 Å². The fourth-order valence-corrected chi connectivity index (χ4v) is 3.84. The standard InChI is InChI=1S/C15H7ClFNS/c16-15-14-10(5-6-18-15)12-11(19-14)7-8-3-1-2-4-9(8)13(12)17/h1-7H. The summed E-state index contributed by atoms with van der Waals surface area (Å²) >= 11 is 7.57. The minimum Gasteiger partial charge on any atom is -0.243 e. The molecule has 0 atom stereocenters. The van der Waals surface area contributed by atoms with Crippen LogP contribution >= 0.6 is 22.9 Å². The van der Waals surface area contributed by atoms with E-state index in [9.17, 15) is 4.39 Å². The fraction of sp³-hybridized carbons (Fsp3) is 0. The van der Waals surface area contributed by atoms with Gasteiger partial charge < -0.3 is 0 Å². The van der Waals surface area contributed by atoms with Crippen LogP contribution in [0.2, 0.25) is 5.15 Å². The zero-order chi connectivity index (χ0) is 13.0. The number of hydrogen-bond acceptors (Lipinski definition) is 2. The van der Waals surface area contributed by atoms with E-state index < -0.39 is 0 Å². The molecule has 4 rings (SSSR count). The van der Waals surface area contributed by atoms with Crippen molar-refractivity contribution in [2.75, 3.05) is 0 Å². The molecule has 1 nitrogen and oxygen atoms in total. The van der Waals surface area contributed by atoms with Crippen molar-refractivity contribution in [3.63, 3.8) is 0 Å². The average Bonchev–Trinajstić information content (AvgIpc) is 2.79. The first-order chi connectivity index (χ1) is 9.25. The molecule has 0 amide bonds. The highest BCUT2D eigenvalue weighted by molar-refractivity contribution is 7.26. The summed E-state index contributed by atoms with van der Waals surface area (Å²) in [5.74, 6) is -0.179. The maximum atomic E-state index is 14.7. The summed E-state index contributed by atoms with van der Waals surface area (Å²) < 4.78 is 16.4. The summed E-state index contributed by atoms with van der Waals surface area (Å²) in [5.41, 5.74) is 0. The van der Waals surface area contributed by atoms with E-state index in [1.165, 1.54) is 11.3 Å². The molecule has 2 aromatic carbocycles. The minimum absolute atomic E-state index is 0.179. The Balaban J connectivity index is 2.34. The molecule has 4 aromatic rings. The fourth-order valence-electron chi connectivity index (χ4n) is 2.44. The first kappa shape index (κ1) is 11.1. The molecular formula is C15H7ClFNS. The second kappa shape index (κ2) is 3.89. The molecule has 0 radical (unpaired) electrons. The van der Waals surface area contributed by atoms with Crippen LogP contribution in [0, 0.1) is 5.82 Å². The summed E-state index contributed by atoms with van der Waals surface area (Å²) in [5, 5.41) is 3.46. The van der Waals surface area contributed by atoms with E-state index in [0.717, 1.165) is 20.2 Å². The largest absolute Gasteiger partial charge is 0.243 e. The molecule has 0 aliphatic carbocycles. The molecule has 2 heterocycles. The molecular weight excluding hydrogens is 281 g/mol. The second-order valence-corrected chi connectivity index (χ2v) is 5.78. The van der Waals surface area contributed by atoms with Crippen LogP contribution in [0.4, 0.5) is 4.39 Å². The highest BCUT2D eigenvalue weighted by Crippen LogP contribution is 2.40. The van der Waals surface area contributed by atoms with Gasteiger partial charge in [0.1, 0.15) is 11.0 Å². The minimum atomic E-state index is -0.179. The number of fused-ring (bicyclic) bond motifs is 4. The van der Waals surface area contributed by atoms with Crippen LogP contribution in [-0.4, -0.2) is 4.98 Å². The molecule has 0 bridgehead atoms. The van der Waals surface area contributed by atoms with Crippen LogP contribution in [0.1, 0.15) is 0 Å². The Morgan fingerprint density at radius 1 is 1.11 bits per heavy atom. The first-order valence-electron chi connectivity index (χ1n) is 5.79. The van der Waals surface area contributed by atoms with Gasteiger partial charge in [0.15, 0.2) is 0 Å². The lowest BCUT2D eigenvalue weighted by atomic mass is 10.1. The Morgan fingerprint density at radius 3 is 2.84 bits per heavy atom. The average molecular weight is 288 g/mol. The van der Waals surface area contributed by atoms with Crippen molar-refractivity contribution in [1.82, 2.24) is 4.98 Å². The van der Waals surface area contributed by atoms with Gasteiger partial charge in [-0.3, -0.25) is 0 Å². The summed E-state index contributed by atoms with van der Waals surface area (Å²) in [4.78, 5) is 4.06. The van der Waals surface area contributed by atoms with Crippen LogP contribution in [0.3, 0.4) is 0 Å². The highest BCUT2D eigenvalue weighted by Gasteiger charge is 2.14. The smallest absolute Gasteiger partial charge is 0.146 e. The summed E-state index contributed by atoms with van der Waals surface area (Å²) in [6.07, 6.45) is 1.62. The number of nitrogens with zero attached hydrogens (tertiary/aromatic N) is 1. The summed E-state index contributed by atoms with van der Waals surface area (Å²) in [7, 11) is 0. The van der Waals surface area contributed by atoms with Crippen molar-refractivity contribution in [3.8, 4) is 0 Å². The molecule has 0 saturated heterocycles. The lowest BCUT2D eigenvalue weighted by Gasteiger charge is -2.01. The van der Waals surface area contributed by atoms with Crippen molar-refractivity contribution < 1.29 is 4.39 Å². The SMILES string of the molecule is Fc1c2ccccc2cc2sc3c(Cl)nccc3c12. The molecule has 0 spiro atoms. The molecule has 92 valence electrons. The van der Waals surface area contributed by atoms with E-state index in [1.54, 1.807) is 12.3 Å². The van der Waals surface area contributed by atoms with Gasteiger partial charge in [0.05, 0.1) is 4.70 Å². The van der Waals surface area contributed by atoms with E-state index in [0.29, 0.717) is 15.9 Å². The first-order valence-corrected chi connectivity index (χ1v) is 6.99. The zero-order valence-electron chi connectivity index (χ0n) is 9.65. The van der Waals surface area contributed by atoms with Crippen molar-refractivity contribution in [2.24, 2.45) is 0 Å². The summed E-state index contributed by atoms with van der Waals surface area (Å²) in [6.45, 7) is 0. The number of hydrogen-bond donors (Lipinski definition) is 0. The molecule has 4 heteroatoms. The third-order valence-electron chi connectivity index (χ3n) is 3.29. The number of halogens is 2. The van der Waals surface area contributed by atoms with E-state index in [4.69, 9.17) is 11.6 Å². The van der Waals surface area contributed by atoms with Crippen LogP contribution in [-0.2, 0) is 0 Å². The van der Waals surface area contributed by atoms with Gasteiger partial charge in [-0.05, 0) is 17.5 Å². The van der Waals surface area contributed by atoms with Crippen molar-refractivity contribution in [3.05, 3.63) is 53.6 Å². The van der Waals surface area contributed by atoms with Gasteiger partial charge in [0.25, 0.3) is 0 Å². The van der Waals surface area contributed by atoms with Crippen LogP contribution in [0.15, 0.2) is 42.6 Å². The number of rotatable bonds is 0. The lowest BCUT2D eigenvalue weighted by Crippen LogP contribution is -1.81. The third-order valence-corrected chi connectivity index (χ3v) is 4.85. The van der Waals surface area contributed by atoms with E-state index >= 15 is 0 Å². The van der Waals surface area contributed by atoms with Gasteiger partial charge in [-0.2, -0.15) is 0 Å². The molecule has 0 unspecified atom stereocenters. The van der Waals surface area contributed by atoms with Crippen LogP contribution in [0.5, 0.6) is 0 Å². The maximum Gasteiger partial charge on any atom is 0.146 e. The zero-order valence-corrected chi connectivity index (χ0v) is 11.2. The molecule has 19 heavy (non-hydrogen) atoms. The molecule has 0 N–H and O–H groups in total. The number of thiophene rings is 1. The predicted molar refractivity (Wildman–Crippen MR) is 79.6 cm³/mol. The van der Waals surface area contributed by atoms with Crippen LogP contribution in [0.25, 0.3) is 30.9 Å². The van der Waals surface area contributed by atoms with Crippen molar-refractivity contribution in [2.45, 2.75) is 0 Å². The van der Waals surface area contributed by atoms with Gasteiger partial charge in [-0.1, -0.05) is 35.9 Å². The van der Waals surface area contributed by atoms with Crippen LogP contribution < -0.4 is 0 Å². The number of benzene rings is 2.